The Morgan fingerprint density at radius 1 is 1.10 bits per heavy atom. The Hall–Kier alpha value is -2.84. The highest BCUT2D eigenvalue weighted by molar-refractivity contribution is 8.00. The lowest BCUT2D eigenvalue weighted by Gasteiger charge is -2.13. The summed E-state index contributed by atoms with van der Waals surface area (Å²) >= 11 is 7.21. The van der Waals surface area contributed by atoms with Crippen molar-refractivity contribution in [2.75, 3.05) is 0 Å². The Balaban J connectivity index is 1.59. The van der Waals surface area contributed by atoms with E-state index >= 15 is 0 Å². The van der Waals surface area contributed by atoms with Gasteiger partial charge in [0.05, 0.1) is 5.25 Å². The quantitative estimate of drug-likeness (QED) is 0.536. The van der Waals surface area contributed by atoms with Crippen LogP contribution in [-0.2, 0) is 17.9 Å². The first kappa shape index (κ1) is 21.9. The third-order valence-corrected chi connectivity index (χ3v) is 5.65. The van der Waals surface area contributed by atoms with E-state index < -0.39 is 17.2 Å². The van der Waals surface area contributed by atoms with E-state index in [1.165, 1.54) is 11.8 Å². The number of urea groups is 1. The van der Waals surface area contributed by atoms with Crippen LogP contribution in [0.5, 0.6) is 0 Å². The number of carbonyl (C=O) groups is 2. The van der Waals surface area contributed by atoms with Gasteiger partial charge in [-0.05, 0) is 43.7 Å². The molecule has 0 radical (unpaired) electrons. The van der Waals surface area contributed by atoms with Gasteiger partial charge in [-0.3, -0.25) is 10.1 Å². The molecule has 7 nitrogen and oxygen atoms in total. The van der Waals surface area contributed by atoms with Crippen LogP contribution in [0.2, 0.25) is 5.02 Å². The summed E-state index contributed by atoms with van der Waals surface area (Å²) in [7, 11) is 0. The number of nitrogens with zero attached hydrogens (tertiary/aromatic N) is 3. The molecule has 1 aromatic heterocycles. The van der Waals surface area contributed by atoms with E-state index in [4.69, 9.17) is 11.6 Å². The van der Waals surface area contributed by atoms with Gasteiger partial charge < -0.3 is 9.88 Å². The number of thioether (sulfide) groups is 1. The topological polar surface area (TPSA) is 88.9 Å². The van der Waals surface area contributed by atoms with Crippen LogP contribution in [0.15, 0.2) is 59.8 Å². The maximum Gasteiger partial charge on any atom is 0.321 e. The summed E-state index contributed by atoms with van der Waals surface area (Å²) in [6, 6.07) is 16.3. The van der Waals surface area contributed by atoms with Crippen LogP contribution in [0.4, 0.5) is 4.79 Å². The van der Waals surface area contributed by atoms with Crippen molar-refractivity contribution >= 4 is 35.3 Å². The molecule has 0 spiro atoms. The lowest BCUT2D eigenvalue weighted by atomic mass is 10.2. The molecule has 0 aliphatic heterocycles. The minimum atomic E-state index is -0.532. The van der Waals surface area contributed by atoms with Crippen molar-refractivity contribution in [2.45, 2.75) is 37.3 Å². The number of amides is 3. The molecule has 0 fully saturated rings. The Kier molecular flexibility index (Phi) is 7.48. The third-order valence-electron chi connectivity index (χ3n) is 4.32. The first-order valence-electron chi connectivity index (χ1n) is 9.46. The average Bonchev–Trinajstić information content (AvgIpc) is 3.16. The molecule has 0 bridgehead atoms. The van der Waals surface area contributed by atoms with Gasteiger partial charge in [0.2, 0.25) is 5.91 Å². The van der Waals surface area contributed by atoms with E-state index in [0.29, 0.717) is 29.1 Å². The fourth-order valence-electron chi connectivity index (χ4n) is 2.72. The van der Waals surface area contributed by atoms with Crippen molar-refractivity contribution in [3.8, 4) is 11.4 Å². The summed E-state index contributed by atoms with van der Waals surface area (Å²) in [5.74, 6) is 0.300. The highest BCUT2D eigenvalue weighted by atomic mass is 35.5. The van der Waals surface area contributed by atoms with Crippen LogP contribution in [0.25, 0.3) is 11.4 Å². The van der Waals surface area contributed by atoms with Crippen LogP contribution >= 0.6 is 23.4 Å². The SMILES string of the molecule is CCn1c(SC(C)C(=O)NC(=O)NCc2ccccc2)nnc1-c1ccc(Cl)cc1. The summed E-state index contributed by atoms with van der Waals surface area (Å²) < 4.78 is 1.92. The number of imide groups is 1. The standard InChI is InChI=1S/C21H22ClN5O2S/c1-3-27-18(16-9-11-17(22)12-10-16)25-26-21(27)30-14(2)19(28)24-20(29)23-13-15-7-5-4-6-8-15/h4-12,14H,3,13H2,1-2H3,(H2,23,24,28,29). The fraction of sp³-hybridized carbons (Fsp3) is 0.238. The Labute approximate surface area is 184 Å². The van der Waals surface area contributed by atoms with Gasteiger partial charge in [-0.15, -0.1) is 10.2 Å². The highest BCUT2D eigenvalue weighted by Gasteiger charge is 2.21. The molecule has 156 valence electrons. The van der Waals surface area contributed by atoms with Gasteiger partial charge in [0, 0.05) is 23.7 Å². The van der Waals surface area contributed by atoms with Gasteiger partial charge in [0.25, 0.3) is 0 Å². The van der Waals surface area contributed by atoms with Crippen molar-refractivity contribution in [2.24, 2.45) is 0 Å². The second-order valence-corrected chi connectivity index (χ2v) is 8.22. The minimum Gasteiger partial charge on any atom is -0.334 e. The summed E-state index contributed by atoms with van der Waals surface area (Å²) in [5, 5.41) is 14.3. The largest absolute Gasteiger partial charge is 0.334 e. The van der Waals surface area contributed by atoms with E-state index in [1.54, 1.807) is 19.1 Å². The molecule has 9 heteroatoms. The number of hydrogen-bond donors (Lipinski definition) is 2. The van der Waals surface area contributed by atoms with Gasteiger partial charge >= 0.3 is 6.03 Å². The zero-order valence-electron chi connectivity index (χ0n) is 16.6. The number of aromatic nitrogens is 3. The first-order chi connectivity index (χ1) is 14.5. The van der Waals surface area contributed by atoms with Gasteiger partial charge in [-0.1, -0.05) is 53.7 Å². The zero-order valence-corrected chi connectivity index (χ0v) is 18.2. The monoisotopic (exact) mass is 443 g/mol. The molecule has 1 unspecified atom stereocenters. The molecule has 1 heterocycles. The summed E-state index contributed by atoms with van der Waals surface area (Å²) in [6.07, 6.45) is 0. The van der Waals surface area contributed by atoms with Crippen LogP contribution in [0.1, 0.15) is 19.4 Å². The van der Waals surface area contributed by atoms with Crippen molar-refractivity contribution in [3.63, 3.8) is 0 Å². The van der Waals surface area contributed by atoms with Crippen molar-refractivity contribution in [1.29, 1.82) is 0 Å². The molecule has 3 aromatic rings. The number of nitrogens with one attached hydrogen (secondary N) is 2. The summed E-state index contributed by atoms with van der Waals surface area (Å²) in [5.41, 5.74) is 1.84. The smallest absolute Gasteiger partial charge is 0.321 e. The van der Waals surface area contributed by atoms with E-state index in [2.05, 4.69) is 20.8 Å². The van der Waals surface area contributed by atoms with E-state index in [0.717, 1.165) is 11.1 Å². The van der Waals surface area contributed by atoms with Gasteiger partial charge in [0.15, 0.2) is 11.0 Å². The lowest BCUT2D eigenvalue weighted by molar-refractivity contribution is -0.119. The second kappa shape index (κ2) is 10.3. The number of rotatable bonds is 7. The average molecular weight is 444 g/mol. The van der Waals surface area contributed by atoms with Crippen LogP contribution in [0, 0.1) is 0 Å². The molecule has 0 aliphatic carbocycles. The normalized spacial score (nSPS) is 11.7. The Bertz CT molecular complexity index is 1010. The maximum atomic E-state index is 12.4. The third kappa shape index (κ3) is 5.61. The molecule has 2 N–H and O–H groups in total. The van der Waals surface area contributed by atoms with Gasteiger partial charge in [-0.2, -0.15) is 0 Å². The van der Waals surface area contributed by atoms with E-state index in [-0.39, 0.29) is 0 Å². The molecule has 3 rings (SSSR count). The summed E-state index contributed by atoms with van der Waals surface area (Å²) in [4.78, 5) is 24.4. The Morgan fingerprint density at radius 2 is 1.80 bits per heavy atom. The molecule has 0 saturated heterocycles. The predicted molar refractivity (Wildman–Crippen MR) is 118 cm³/mol. The van der Waals surface area contributed by atoms with Crippen molar-refractivity contribution in [1.82, 2.24) is 25.4 Å². The number of halogens is 1. The molecular weight excluding hydrogens is 422 g/mol. The van der Waals surface area contributed by atoms with Gasteiger partial charge in [-0.25, -0.2) is 4.79 Å². The first-order valence-corrected chi connectivity index (χ1v) is 10.7. The predicted octanol–water partition coefficient (Wildman–Crippen LogP) is 4.13. The fourth-order valence-corrected chi connectivity index (χ4v) is 3.76. The lowest BCUT2D eigenvalue weighted by Crippen LogP contribution is -2.42. The second-order valence-electron chi connectivity index (χ2n) is 6.47. The number of benzene rings is 2. The molecule has 1 atom stereocenters. The maximum absolute atomic E-state index is 12.4. The molecule has 0 saturated carbocycles. The van der Waals surface area contributed by atoms with Crippen molar-refractivity contribution < 1.29 is 9.59 Å². The molecule has 0 aliphatic rings. The molecule has 30 heavy (non-hydrogen) atoms. The zero-order chi connectivity index (χ0) is 21.5. The van der Waals surface area contributed by atoms with E-state index in [9.17, 15) is 9.59 Å². The van der Waals surface area contributed by atoms with Gasteiger partial charge in [0.1, 0.15) is 0 Å². The minimum absolute atomic E-state index is 0.343. The number of carbonyl (C=O) groups excluding carboxylic acids is 2. The van der Waals surface area contributed by atoms with E-state index in [1.807, 2.05) is 54.0 Å². The van der Waals surface area contributed by atoms with Crippen LogP contribution in [-0.4, -0.2) is 32.0 Å². The number of hydrogen-bond acceptors (Lipinski definition) is 5. The molecule has 2 aromatic carbocycles. The molecule has 3 amide bonds. The summed E-state index contributed by atoms with van der Waals surface area (Å²) in [6.45, 7) is 4.69. The van der Waals surface area contributed by atoms with Crippen LogP contribution < -0.4 is 10.6 Å². The highest BCUT2D eigenvalue weighted by Crippen LogP contribution is 2.27. The molecular formula is C21H22ClN5O2S. The Morgan fingerprint density at radius 3 is 2.47 bits per heavy atom. The van der Waals surface area contributed by atoms with Crippen LogP contribution in [0.3, 0.4) is 0 Å². The van der Waals surface area contributed by atoms with Crippen molar-refractivity contribution in [3.05, 3.63) is 65.2 Å².